The fourth-order valence-corrected chi connectivity index (χ4v) is 1.81. The number of hydrogen-bond donors (Lipinski definition) is 3. The van der Waals surface area contributed by atoms with Crippen molar-refractivity contribution in [3.8, 4) is 0 Å². The Kier molecular flexibility index (Phi) is 3.84. The highest BCUT2D eigenvalue weighted by Crippen LogP contribution is 2.27. The van der Waals surface area contributed by atoms with Crippen LogP contribution in [-0.4, -0.2) is 6.54 Å². The molecule has 1 rings (SSSR count). The van der Waals surface area contributed by atoms with Crippen LogP contribution in [0, 0.1) is 5.92 Å². The smallest absolute Gasteiger partial charge is 0.0449 e. The molecular weight excluding hydrogens is 192 g/mol. The van der Waals surface area contributed by atoms with Gasteiger partial charge in [-0.2, -0.15) is 0 Å². The van der Waals surface area contributed by atoms with Crippen LogP contribution in [0.15, 0.2) is 23.1 Å². The lowest BCUT2D eigenvalue weighted by molar-refractivity contribution is 0.506. The van der Waals surface area contributed by atoms with Crippen LogP contribution in [0.2, 0.25) is 0 Å². The number of thiol groups is 1. The number of hydrogen-bond acceptors (Lipinski definition) is 3. The Bertz CT molecular complexity index is 310. The number of nitrogen functional groups attached to an aromatic ring is 1. The third-order valence-electron chi connectivity index (χ3n) is 2.54. The molecule has 0 amide bonds. The van der Waals surface area contributed by atoms with Gasteiger partial charge in [0.25, 0.3) is 0 Å². The molecule has 0 spiro atoms. The van der Waals surface area contributed by atoms with Gasteiger partial charge in [0.2, 0.25) is 0 Å². The van der Waals surface area contributed by atoms with E-state index in [0.29, 0.717) is 18.4 Å². The average Bonchev–Trinajstić information content (AvgIpc) is 2.11. The zero-order chi connectivity index (χ0) is 10.7. The largest absolute Gasteiger partial charge is 0.398 e. The highest BCUT2D eigenvalue weighted by molar-refractivity contribution is 7.80. The molecule has 0 aromatic heterocycles. The molecule has 1 aromatic rings. The summed E-state index contributed by atoms with van der Waals surface area (Å²) in [5.41, 5.74) is 13.4. The maximum atomic E-state index is 5.74. The van der Waals surface area contributed by atoms with Crippen LogP contribution in [0.5, 0.6) is 0 Å². The van der Waals surface area contributed by atoms with Gasteiger partial charge in [0.05, 0.1) is 0 Å². The Morgan fingerprint density at radius 3 is 2.43 bits per heavy atom. The Hall–Kier alpha value is -0.670. The van der Waals surface area contributed by atoms with Crippen molar-refractivity contribution in [1.82, 2.24) is 0 Å². The lowest BCUT2D eigenvalue weighted by atomic mass is 9.88. The van der Waals surface area contributed by atoms with Crippen molar-refractivity contribution in [2.45, 2.75) is 24.7 Å². The van der Waals surface area contributed by atoms with Gasteiger partial charge in [0.1, 0.15) is 0 Å². The molecule has 4 N–H and O–H groups in total. The highest BCUT2D eigenvalue weighted by atomic mass is 32.1. The molecule has 0 aliphatic rings. The Morgan fingerprint density at radius 2 is 2.00 bits per heavy atom. The van der Waals surface area contributed by atoms with Gasteiger partial charge in [-0.25, -0.2) is 0 Å². The SMILES string of the molecule is CC(C)C(CN)c1ccc(N)c(S)c1. The van der Waals surface area contributed by atoms with E-state index in [0.717, 1.165) is 10.6 Å². The summed E-state index contributed by atoms with van der Waals surface area (Å²) in [4.78, 5) is 0.835. The lowest BCUT2D eigenvalue weighted by Gasteiger charge is -2.19. The predicted octanol–water partition coefficient (Wildman–Crippen LogP) is 2.26. The van der Waals surface area contributed by atoms with Gasteiger partial charge in [0, 0.05) is 10.6 Å². The lowest BCUT2D eigenvalue weighted by Crippen LogP contribution is -2.17. The van der Waals surface area contributed by atoms with E-state index in [-0.39, 0.29) is 0 Å². The average molecular weight is 210 g/mol. The van der Waals surface area contributed by atoms with E-state index in [1.165, 1.54) is 5.56 Å². The highest BCUT2D eigenvalue weighted by Gasteiger charge is 2.14. The minimum atomic E-state index is 0.390. The molecule has 2 nitrogen and oxygen atoms in total. The van der Waals surface area contributed by atoms with Crippen LogP contribution in [-0.2, 0) is 0 Å². The van der Waals surface area contributed by atoms with Crippen molar-refractivity contribution in [2.24, 2.45) is 11.7 Å². The van der Waals surface area contributed by atoms with Crippen LogP contribution in [0.25, 0.3) is 0 Å². The molecule has 3 heteroatoms. The van der Waals surface area contributed by atoms with E-state index >= 15 is 0 Å². The van der Waals surface area contributed by atoms with Gasteiger partial charge in [0.15, 0.2) is 0 Å². The van der Waals surface area contributed by atoms with Crippen molar-refractivity contribution >= 4 is 18.3 Å². The second kappa shape index (κ2) is 4.71. The van der Waals surface area contributed by atoms with Crippen molar-refractivity contribution in [3.63, 3.8) is 0 Å². The molecule has 14 heavy (non-hydrogen) atoms. The molecule has 0 saturated heterocycles. The first-order valence-electron chi connectivity index (χ1n) is 4.84. The van der Waals surface area contributed by atoms with E-state index in [1.54, 1.807) is 0 Å². The molecule has 1 aromatic carbocycles. The predicted molar refractivity (Wildman–Crippen MR) is 64.7 cm³/mol. The normalized spacial score (nSPS) is 13.2. The number of nitrogens with two attached hydrogens (primary N) is 2. The van der Waals surface area contributed by atoms with Crippen molar-refractivity contribution in [2.75, 3.05) is 12.3 Å². The minimum Gasteiger partial charge on any atom is -0.398 e. The second-order valence-corrected chi connectivity index (χ2v) is 4.39. The molecule has 0 bridgehead atoms. The Morgan fingerprint density at radius 1 is 1.36 bits per heavy atom. The summed E-state index contributed by atoms with van der Waals surface area (Å²) >= 11 is 4.30. The first-order chi connectivity index (χ1) is 6.56. The number of benzene rings is 1. The molecular formula is C11H18N2S. The maximum Gasteiger partial charge on any atom is 0.0449 e. The Balaban J connectivity index is 3.00. The van der Waals surface area contributed by atoms with Gasteiger partial charge in [-0.1, -0.05) is 19.9 Å². The fraction of sp³-hybridized carbons (Fsp3) is 0.455. The zero-order valence-corrected chi connectivity index (χ0v) is 9.59. The molecule has 78 valence electrons. The van der Waals surface area contributed by atoms with E-state index in [2.05, 4.69) is 26.5 Å². The van der Waals surface area contributed by atoms with E-state index < -0.39 is 0 Å². The summed E-state index contributed by atoms with van der Waals surface area (Å²) in [5, 5.41) is 0. The van der Waals surface area contributed by atoms with Gasteiger partial charge >= 0.3 is 0 Å². The molecule has 1 atom stereocenters. The summed E-state index contributed by atoms with van der Waals surface area (Å²) < 4.78 is 0. The third kappa shape index (κ3) is 2.42. The summed E-state index contributed by atoms with van der Waals surface area (Å²) in [7, 11) is 0. The standard InChI is InChI=1S/C11H18N2S/c1-7(2)9(6-12)8-3-4-10(13)11(14)5-8/h3-5,7,9,14H,6,12-13H2,1-2H3. The summed E-state index contributed by atoms with van der Waals surface area (Å²) in [6.07, 6.45) is 0. The van der Waals surface area contributed by atoms with Crippen molar-refractivity contribution < 1.29 is 0 Å². The summed E-state index contributed by atoms with van der Waals surface area (Å²) in [6, 6.07) is 5.94. The number of anilines is 1. The van der Waals surface area contributed by atoms with Gasteiger partial charge in [-0.05, 0) is 36.1 Å². The summed E-state index contributed by atoms with van der Waals surface area (Å²) in [5.74, 6) is 0.929. The molecule has 1 unspecified atom stereocenters. The van der Waals surface area contributed by atoms with Crippen LogP contribution in [0.4, 0.5) is 5.69 Å². The van der Waals surface area contributed by atoms with E-state index in [4.69, 9.17) is 11.5 Å². The number of rotatable bonds is 3. The van der Waals surface area contributed by atoms with Crippen molar-refractivity contribution in [3.05, 3.63) is 23.8 Å². The van der Waals surface area contributed by atoms with Crippen LogP contribution in [0.3, 0.4) is 0 Å². The maximum absolute atomic E-state index is 5.74. The zero-order valence-electron chi connectivity index (χ0n) is 8.70. The quantitative estimate of drug-likeness (QED) is 0.529. The van der Waals surface area contributed by atoms with Gasteiger partial charge < -0.3 is 11.5 Å². The molecule has 0 aliphatic heterocycles. The molecule has 0 fully saturated rings. The van der Waals surface area contributed by atoms with Crippen molar-refractivity contribution in [1.29, 1.82) is 0 Å². The van der Waals surface area contributed by atoms with Gasteiger partial charge in [-0.3, -0.25) is 0 Å². The van der Waals surface area contributed by atoms with Crippen LogP contribution < -0.4 is 11.5 Å². The molecule has 0 radical (unpaired) electrons. The first-order valence-corrected chi connectivity index (χ1v) is 5.29. The summed E-state index contributed by atoms with van der Waals surface area (Å²) in [6.45, 7) is 5.01. The monoisotopic (exact) mass is 210 g/mol. The van der Waals surface area contributed by atoms with E-state index in [9.17, 15) is 0 Å². The third-order valence-corrected chi connectivity index (χ3v) is 2.93. The van der Waals surface area contributed by atoms with Crippen LogP contribution >= 0.6 is 12.6 Å². The Labute approximate surface area is 91.1 Å². The fourth-order valence-electron chi connectivity index (χ4n) is 1.58. The van der Waals surface area contributed by atoms with Gasteiger partial charge in [-0.15, -0.1) is 12.6 Å². The van der Waals surface area contributed by atoms with E-state index in [1.807, 2.05) is 18.2 Å². The molecule has 0 saturated carbocycles. The minimum absolute atomic E-state index is 0.390. The topological polar surface area (TPSA) is 52.0 Å². The second-order valence-electron chi connectivity index (χ2n) is 3.90. The van der Waals surface area contributed by atoms with Crippen LogP contribution in [0.1, 0.15) is 25.3 Å². The first kappa shape index (κ1) is 11.4. The molecule has 0 heterocycles. The molecule has 0 aliphatic carbocycles.